The fraction of sp³-hybridized carbons (Fsp3) is 0.409. The molecule has 3 heterocycles. The average molecular weight is 552 g/mol. The number of halogens is 1. The van der Waals surface area contributed by atoms with Crippen molar-refractivity contribution in [1.29, 1.82) is 0 Å². The molecular formula is C22H26ClN7O6S. The minimum Gasteiger partial charge on any atom is -0.494 e. The summed E-state index contributed by atoms with van der Waals surface area (Å²) < 4.78 is 47.6. The smallest absolute Gasteiger partial charge is 0.243 e. The van der Waals surface area contributed by atoms with Gasteiger partial charge >= 0.3 is 0 Å². The molecule has 37 heavy (non-hydrogen) atoms. The van der Waals surface area contributed by atoms with Gasteiger partial charge in [0.2, 0.25) is 21.9 Å². The van der Waals surface area contributed by atoms with Crippen molar-refractivity contribution in [2.45, 2.75) is 37.2 Å². The zero-order chi connectivity index (χ0) is 26.7. The Bertz CT molecular complexity index is 1360. The van der Waals surface area contributed by atoms with E-state index in [2.05, 4.69) is 30.2 Å². The number of hydrogen-bond donors (Lipinski definition) is 2. The van der Waals surface area contributed by atoms with E-state index in [-0.39, 0.29) is 17.7 Å². The lowest BCUT2D eigenvalue weighted by molar-refractivity contribution is -0.119. The summed E-state index contributed by atoms with van der Waals surface area (Å²) >= 11 is 5.87. The van der Waals surface area contributed by atoms with Crippen LogP contribution < -0.4 is 19.5 Å². The Labute approximate surface area is 218 Å². The molecule has 0 bridgehead atoms. The first-order valence-electron chi connectivity index (χ1n) is 11.2. The topological polar surface area (TPSA) is 159 Å². The summed E-state index contributed by atoms with van der Waals surface area (Å²) in [5.41, 5.74) is 0.364. The molecular weight excluding hydrogens is 526 g/mol. The first-order chi connectivity index (χ1) is 17.7. The number of hydrogen-bond acceptors (Lipinski definition) is 10. The second kappa shape index (κ2) is 10.9. The second-order valence-electron chi connectivity index (χ2n) is 8.16. The summed E-state index contributed by atoms with van der Waals surface area (Å²) in [4.78, 5) is 20.1. The van der Waals surface area contributed by atoms with Crippen LogP contribution in [0, 0.1) is 0 Å². The summed E-state index contributed by atoms with van der Waals surface area (Å²) in [7, 11) is 0.151. The van der Waals surface area contributed by atoms with E-state index >= 15 is 0 Å². The van der Waals surface area contributed by atoms with Gasteiger partial charge in [-0.3, -0.25) is 14.1 Å². The van der Waals surface area contributed by atoms with Gasteiger partial charge in [0.1, 0.15) is 28.5 Å². The van der Waals surface area contributed by atoms with Crippen molar-refractivity contribution in [2.24, 2.45) is 0 Å². The van der Waals surface area contributed by atoms with Gasteiger partial charge < -0.3 is 19.5 Å². The molecule has 3 atom stereocenters. The molecule has 2 aromatic heterocycles. The number of rotatable bonds is 10. The van der Waals surface area contributed by atoms with Gasteiger partial charge in [0.05, 0.1) is 25.3 Å². The highest BCUT2D eigenvalue weighted by Crippen LogP contribution is 2.38. The fourth-order valence-corrected chi connectivity index (χ4v) is 5.26. The van der Waals surface area contributed by atoms with Crippen LogP contribution in [0.3, 0.4) is 0 Å². The second-order valence-corrected chi connectivity index (χ2v) is 10.6. The molecule has 2 unspecified atom stereocenters. The Balaban J connectivity index is 1.79. The Kier molecular flexibility index (Phi) is 7.80. The third-order valence-corrected chi connectivity index (χ3v) is 7.81. The lowest BCUT2D eigenvalue weighted by Gasteiger charge is -2.23. The van der Waals surface area contributed by atoms with E-state index in [9.17, 15) is 13.2 Å². The molecule has 1 amide bonds. The highest BCUT2D eigenvalue weighted by Gasteiger charge is 2.36. The fourth-order valence-electron chi connectivity index (χ4n) is 4.03. The molecule has 1 aliphatic heterocycles. The van der Waals surface area contributed by atoms with E-state index in [0.717, 1.165) is 0 Å². The summed E-state index contributed by atoms with van der Waals surface area (Å²) in [5, 5.41) is 10.3. The lowest BCUT2D eigenvalue weighted by atomic mass is 10.2. The van der Waals surface area contributed by atoms with Crippen LogP contribution in [0.5, 0.6) is 11.5 Å². The van der Waals surface area contributed by atoms with Crippen LogP contribution in [0.4, 0.5) is 5.95 Å². The zero-order valence-electron chi connectivity index (χ0n) is 20.5. The largest absolute Gasteiger partial charge is 0.494 e. The molecule has 15 heteroatoms. The molecule has 3 aromatic rings. The maximum atomic E-state index is 13.5. The van der Waals surface area contributed by atoms with E-state index < -0.39 is 27.4 Å². The van der Waals surface area contributed by atoms with Crippen molar-refractivity contribution in [3.05, 3.63) is 47.3 Å². The number of sulfonamides is 1. The Hall–Kier alpha value is -3.49. The van der Waals surface area contributed by atoms with Crippen LogP contribution in [0.1, 0.15) is 43.6 Å². The van der Waals surface area contributed by atoms with Crippen molar-refractivity contribution in [3.63, 3.8) is 0 Å². The predicted octanol–water partition coefficient (Wildman–Crippen LogP) is 2.20. The van der Waals surface area contributed by atoms with Crippen molar-refractivity contribution < 1.29 is 27.4 Å². The zero-order valence-corrected chi connectivity index (χ0v) is 22.1. The molecule has 1 aromatic carbocycles. The molecule has 0 aliphatic carbocycles. The molecule has 2 N–H and O–H groups in total. The first kappa shape index (κ1) is 26.6. The van der Waals surface area contributed by atoms with Crippen molar-refractivity contribution in [1.82, 2.24) is 30.0 Å². The van der Waals surface area contributed by atoms with Gasteiger partial charge in [0.25, 0.3) is 0 Å². The van der Waals surface area contributed by atoms with Gasteiger partial charge in [-0.05, 0) is 25.5 Å². The van der Waals surface area contributed by atoms with E-state index in [0.29, 0.717) is 40.9 Å². The number of nitrogens with zero attached hydrogens (tertiary/aromatic N) is 5. The van der Waals surface area contributed by atoms with Crippen molar-refractivity contribution in [3.8, 4) is 17.2 Å². The van der Waals surface area contributed by atoms with Gasteiger partial charge in [-0.2, -0.15) is 0 Å². The van der Waals surface area contributed by atoms with Crippen LogP contribution in [0.25, 0.3) is 5.69 Å². The standard InChI is InChI=1S/C22H26ClN7O6S/c1-12(19(36-4)20-24-10-13(23)11-25-20)37(32,33)29-22-28-27-21(14-8-9-17(31)26-14)30(22)18-15(34-2)6-5-7-16(18)35-3/h5-7,10-12,14,19H,8-9H2,1-4H3,(H,26,31)(H,28,29)/t12?,14-,19?/m0/s1. The third kappa shape index (κ3) is 5.31. The Morgan fingerprint density at radius 1 is 1.14 bits per heavy atom. The number of benzene rings is 1. The Morgan fingerprint density at radius 3 is 2.32 bits per heavy atom. The van der Waals surface area contributed by atoms with E-state index in [4.69, 9.17) is 25.8 Å². The SMILES string of the molecule is COc1cccc(OC)c1-n1c(NS(=O)(=O)C(C)C(OC)c2ncc(Cl)cn2)nnc1[C@@H]1CCC(=O)N1. The van der Waals surface area contributed by atoms with Crippen LogP contribution in [-0.4, -0.2) is 65.6 Å². The molecule has 0 spiro atoms. The number of aromatic nitrogens is 5. The number of para-hydroxylation sites is 1. The number of amides is 1. The monoisotopic (exact) mass is 551 g/mol. The number of ether oxygens (including phenoxy) is 3. The molecule has 1 fully saturated rings. The minimum atomic E-state index is -4.15. The molecule has 0 saturated carbocycles. The molecule has 198 valence electrons. The number of anilines is 1. The minimum absolute atomic E-state index is 0.127. The molecule has 4 rings (SSSR count). The van der Waals surface area contributed by atoms with Gasteiger partial charge in [0.15, 0.2) is 11.6 Å². The van der Waals surface area contributed by atoms with Crippen LogP contribution in [-0.2, 0) is 19.6 Å². The summed E-state index contributed by atoms with van der Waals surface area (Å²) in [5.74, 6) is 0.936. The average Bonchev–Trinajstić information content (AvgIpc) is 3.50. The predicted molar refractivity (Wildman–Crippen MR) is 133 cm³/mol. The quantitative estimate of drug-likeness (QED) is 0.382. The number of methoxy groups -OCH3 is 3. The number of carbonyl (C=O) groups excluding carboxylic acids is 1. The van der Waals surface area contributed by atoms with Crippen LogP contribution in [0.2, 0.25) is 5.02 Å². The lowest BCUT2D eigenvalue weighted by Crippen LogP contribution is -2.33. The summed E-state index contributed by atoms with van der Waals surface area (Å²) in [6.45, 7) is 1.46. The summed E-state index contributed by atoms with van der Waals surface area (Å²) in [6, 6.07) is 4.60. The Morgan fingerprint density at radius 2 is 1.78 bits per heavy atom. The highest BCUT2D eigenvalue weighted by molar-refractivity contribution is 7.93. The molecule has 0 radical (unpaired) electrons. The van der Waals surface area contributed by atoms with Crippen LogP contribution in [0.15, 0.2) is 30.6 Å². The van der Waals surface area contributed by atoms with Crippen molar-refractivity contribution in [2.75, 3.05) is 26.1 Å². The van der Waals surface area contributed by atoms with Crippen molar-refractivity contribution >= 4 is 33.5 Å². The maximum absolute atomic E-state index is 13.5. The van der Waals surface area contributed by atoms with Gasteiger partial charge in [-0.1, -0.05) is 17.7 Å². The first-order valence-corrected chi connectivity index (χ1v) is 13.1. The van der Waals surface area contributed by atoms with E-state index in [1.165, 1.54) is 45.2 Å². The maximum Gasteiger partial charge on any atom is 0.243 e. The molecule has 13 nitrogen and oxygen atoms in total. The highest BCUT2D eigenvalue weighted by atomic mass is 35.5. The summed E-state index contributed by atoms with van der Waals surface area (Å²) in [6.07, 6.45) is 2.46. The van der Waals surface area contributed by atoms with E-state index in [1.807, 2.05) is 0 Å². The molecule has 1 saturated heterocycles. The third-order valence-electron chi connectivity index (χ3n) is 5.92. The normalized spacial score (nSPS) is 17.2. The number of nitrogens with one attached hydrogen (secondary N) is 2. The van der Waals surface area contributed by atoms with E-state index in [1.54, 1.807) is 18.2 Å². The van der Waals surface area contributed by atoms with Gasteiger partial charge in [0, 0.05) is 25.9 Å². The molecule has 1 aliphatic rings. The number of carbonyl (C=O) groups is 1. The van der Waals surface area contributed by atoms with Gasteiger partial charge in [-0.15, -0.1) is 10.2 Å². The van der Waals surface area contributed by atoms with Crippen LogP contribution >= 0.6 is 11.6 Å². The van der Waals surface area contributed by atoms with Gasteiger partial charge in [-0.25, -0.2) is 18.4 Å².